The number of rotatable bonds is 3. The average Bonchev–Trinajstić information content (AvgIpc) is 2.92. The Bertz CT molecular complexity index is 310. The normalized spacial score (nSPS) is 15.8. The summed E-state index contributed by atoms with van der Waals surface area (Å²) in [6.07, 6.45) is 2.86. The van der Waals surface area contributed by atoms with Gasteiger partial charge in [-0.3, -0.25) is 0 Å². The third-order valence-corrected chi connectivity index (χ3v) is 3.12. The minimum Gasteiger partial charge on any atom is -0.490 e. The van der Waals surface area contributed by atoms with E-state index >= 15 is 0 Å². The van der Waals surface area contributed by atoms with Gasteiger partial charge >= 0.3 is 0 Å². The Kier molecular flexibility index (Phi) is 2.74. The predicted octanol–water partition coefficient (Wildman–Crippen LogP) is 2.29. The van der Waals surface area contributed by atoms with Crippen molar-refractivity contribution in [2.24, 2.45) is 5.73 Å². The molecule has 0 unspecified atom stereocenters. The highest BCUT2D eigenvalue weighted by molar-refractivity contribution is 14.1. The van der Waals surface area contributed by atoms with E-state index in [2.05, 4.69) is 28.7 Å². The second-order valence-electron chi connectivity index (χ2n) is 3.27. The summed E-state index contributed by atoms with van der Waals surface area (Å²) >= 11 is 2.29. The first-order chi connectivity index (χ1) is 6.29. The maximum Gasteiger partial charge on any atom is 0.120 e. The van der Waals surface area contributed by atoms with Gasteiger partial charge in [0.15, 0.2) is 0 Å². The molecule has 2 N–H and O–H groups in total. The zero-order valence-electron chi connectivity index (χ0n) is 7.29. The summed E-state index contributed by atoms with van der Waals surface area (Å²) in [4.78, 5) is 0. The zero-order chi connectivity index (χ0) is 9.26. The van der Waals surface area contributed by atoms with Crippen molar-refractivity contribution in [2.45, 2.75) is 25.5 Å². The molecule has 0 heterocycles. The average molecular weight is 289 g/mol. The van der Waals surface area contributed by atoms with E-state index < -0.39 is 0 Å². The third kappa shape index (κ3) is 2.34. The van der Waals surface area contributed by atoms with E-state index in [1.807, 2.05) is 12.1 Å². The zero-order valence-corrected chi connectivity index (χ0v) is 9.45. The molecule has 0 bridgehead atoms. The summed E-state index contributed by atoms with van der Waals surface area (Å²) in [5.41, 5.74) is 6.77. The lowest BCUT2D eigenvalue weighted by Gasteiger charge is -2.07. The van der Waals surface area contributed by atoms with E-state index in [0.717, 1.165) is 5.75 Å². The highest BCUT2D eigenvalue weighted by Crippen LogP contribution is 2.28. The predicted molar refractivity (Wildman–Crippen MR) is 60.7 cm³/mol. The molecule has 2 rings (SSSR count). The summed E-state index contributed by atoms with van der Waals surface area (Å²) in [7, 11) is 0. The topological polar surface area (TPSA) is 35.2 Å². The second kappa shape index (κ2) is 3.84. The molecule has 1 fully saturated rings. The molecule has 3 heteroatoms. The molecule has 0 amide bonds. The Morgan fingerprint density at radius 3 is 2.85 bits per heavy atom. The Morgan fingerprint density at radius 2 is 2.23 bits per heavy atom. The fourth-order valence-corrected chi connectivity index (χ4v) is 1.71. The van der Waals surface area contributed by atoms with Crippen LogP contribution in [0.15, 0.2) is 18.2 Å². The van der Waals surface area contributed by atoms with Gasteiger partial charge in [0, 0.05) is 10.1 Å². The van der Waals surface area contributed by atoms with Crippen LogP contribution in [0.1, 0.15) is 18.4 Å². The molecule has 1 aliphatic carbocycles. The number of hydrogen-bond acceptors (Lipinski definition) is 2. The van der Waals surface area contributed by atoms with Gasteiger partial charge in [0.05, 0.1) is 6.10 Å². The van der Waals surface area contributed by atoms with Gasteiger partial charge in [-0.1, -0.05) is 0 Å². The molecule has 2 nitrogen and oxygen atoms in total. The van der Waals surface area contributed by atoms with E-state index in [4.69, 9.17) is 10.5 Å². The second-order valence-corrected chi connectivity index (χ2v) is 4.44. The molecule has 0 radical (unpaired) electrons. The van der Waals surface area contributed by atoms with Crippen LogP contribution in [0, 0.1) is 3.57 Å². The summed E-state index contributed by atoms with van der Waals surface area (Å²) < 4.78 is 6.88. The molecule has 1 aliphatic rings. The molecular weight excluding hydrogens is 277 g/mol. The molecule has 0 atom stereocenters. The summed E-state index contributed by atoms with van der Waals surface area (Å²) in [5.74, 6) is 0.961. The Morgan fingerprint density at radius 1 is 1.46 bits per heavy atom. The third-order valence-electron chi connectivity index (χ3n) is 2.06. The highest BCUT2D eigenvalue weighted by atomic mass is 127. The summed E-state index contributed by atoms with van der Waals surface area (Å²) in [6, 6.07) is 6.11. The van der Waals surface area contributed by atoms with Gasteiger partial charge in [-0.25, -0.2) is 0 Å². The fourth-order valence-electron chi connectivity index (χ4n) is 1.16. The van der Waals surface area contributed by atoms with Crippen molar-refractivity contribution in [1.82, 2.24) is 0 Å². The molecule has 0 saturated heterocycles. The number of benzene rings is 1. The first-order valence-corrected chi connectivity index (χ1v) is 5.52. The van der Waals surface area contributed by atoms with Gasteiger partial charge in [-0.05, 0) is 59.2 Å². The van der Waals surface area contributed by atoms with Crippen LogP contribution in [-0.4, -0.2) is 6.10 Å². The van der Waals surface area contributed by atoms with Crippen LogP contribution in [0.2, 0.25) is 0 Å². The van der Waals surface area contributed by atoms with Crippen LogP contribution >= 0.6 is 22.6 Å². The Balaban J connectivity index is 2.16. The molecule has 70 valence electrons. The smallest absolute Gasteiger partial charge is 0.120 e. The monoisotopic (exact) mass is 289 g/mol. The van der Waals surface area contributed by atoms with Gasteiger partial charge in [0.25, 0.3) is 0 Å². The van der Waals surface area contributed by atoms with Crippen LogP contribution in [0.5, 0.6) is 5.75 Å². The van der Waals surface area contributed by atoms with E-state index in [1.54, 1.807) is 0 Å². The van der Waals surface area contributed by atoms with Crippen LogP contribution in [-0.2, 0) is 6.54 Å². The lowest BCUT2D eigenvalue weighted by molar-refractivity contribution is 0.303. The minimum atomic E-state index is 0.464. The lowest BCUT2D eigenvalue weighted by atomic mass is 10.2. The molecule has 1 aromatic rings. The molecule has 0 aromatic heterocycles. The first-order valence-electron chi connectivity index (χ1n) is 4.45. The van der Waals surface area contributed by atoms with E-state index in [-0.39, 0.29) is 0 Å². The Hall–Kier alpha value is -0.290. The summed E-state index contributed by atoms with van der Waals surface area (Å²) in [5, 5.41) is 0. The van der Waals surface area contributed by atoms with Gasteiger partial charge in [-0.2, -0.15) is 0 Å². The van der Waals surface area contributed by atoms with Gasteiger partial charge in [-0.15, -0.1) is 0 Å². The fraction of sp³-hybridized carbons (Fsp3) is 0.400. The number of nitrogens with two attached hydrogens (primary N) is 1. The van der Waals surface area contributed by atoms with Crippen molar-refractivity contribution in [3.63, 3.8) is 0 Å². The van der Waals surface area contributed by atoms with Crippen LogP contribution in [0.25, 0.3) is 0 Å². The number of halogens is 1. The van der Waals surface area contributed by atoms with Crippen LogP contribution in [0.4, 0.5) is 0 Å². The van der Waals surface area contributed by atoms with Crippen molar-refractivity contribution in [1.29, 1.82) is 0 Å². The highest BCUT2D eigenvalue weighted by Gasteiger charge is 2.23. The maximum absolute atomic E-state index is 5.66. The summed E-state index contributed by atoms with van der Waals surface area (Å²) in [6.45, 7) is 0.583. The minimum absolute atomic E-state index is 0.464. The number of hydrogen-bond donors (Lipinski definition) is 1. The van der Waals surface area contributed by atoms with Crippen molar-refractivity contribution >= 4 is 22.6 Å². The maximum atomic E-state index is 5.66. The quantitative estimate of drug-likeness (QED) is 0.867. The lowest BCUT2D eigenvalue weighted by Crippen LogP contribution is -2.01. The molecule has 0 aliphatic heterocycles. The molecule has 0 spiro atoms. The largest absolute Gasteiger partial charge is 0.490 e. The van der Waals surface area contributed by atoms with Crippen molar-refractivity contribution in [3.05, 3.63) is 27.3 Å². The molecule has 13 heavy (non-hydrogen) atoms. The molecule has 1 saturated carbocycles. The van der Waals surface area contributed by atoms with Crippen LogP contribution < -0.4 is 10.5 Å². The van der Waals surface area contributed by atoms with Crippen molar-refractivity contribution in [2.75, 3.05) is 0 Å². The van der Waals surface area contributed by atoms with Crippen molar-refractivity contribution in [3.8, 4) is 5.75 Å². The molecule has 1 aromatic carbocycles. The van der Waals surface area contributed by atoms with Gasteiger partial charge < -0.3 is 10.5 Å². The van der Waals surface area contributed by atoms with Gasteiger partial charge in [0.1, 0.15) is 5.75 Å². The first kappa shape index (κ1) is 9.27. The van der Waals surface area contributed by atoms with Gasteiger partial charge in [0.2, 0.25) is 0 Å². The van der Waals surface area contributed by atoms with E-state index in [0.29, 0.717) is 12.6 Å². The molecular formula is C10H12INO. The van der Waals surface area contributed by atoms with E-state index in [1.165, 1.54) is 22.0 Å². The van der Waals surface area contributed by atoms with Crippen molar-refractivity contribution < 1.29 is 4.74 Å². The van der Waals surface area contributed by atoms with E-state index in [9.17, 15) is 0 Å². The SMILES string of the molecule is NCc1cc(OC2CC2)ccc1I. The number of ether oxygens (including phenoxy) is 1. The standard InChI is InChI=1S/C10H12INO/c11-10-4-3-9(5-7(10)6-12)13-8-1-2-8/h3-5,8H,1-2,6,12H2. The van der Waals surface area contributed by atoms with Crippen LogP contribution in [0.3, 0.4) is 0 Å². The Labute approximate surface area is 91.6 Å².